The zero-order valence-corrected chi connectivity index (χ0v) is 33.1. The Bertz CT molecular complexity index is 1320. The van der Waals surface area contributed by atoms with E-state index in [4.69, 9.17) is 9.11 Å². The van der Waals surface area contributed by atoms with Crippen LogP contribution in [-0.4, -0.2) is 85.4 Å². The third kappa shape index (κ3) is 15.3. The molecule has 0 aliphatic rings. The van der Waals surface area contributed by atoms with Gasteiger partial charge in [-0.1, -0.05) is 118 Å². The topological polar surface area (TPSA) is 149 Å². The minimum atomic E-state index is -3.98. The fraction of sp³-hybridized carbons (Fsp3) is 0.588. The molecule has 11 heteroatoms. The van der Waals surface area contributed by atoms with E-state index in [1.807, 2.05) is 107 Å². The Labute approximate surface area is 302 Å². The minimum Gasteiger partial charge on any atom is -0.507 e. The van der Waals surface area contributed by atoms with Gasteiger partial charge in [0.05, 0.1) is 0 Å². The van der Waals surface area contributed by atoms with Gasteiger partial charge in [0.1, 0.15) is 11.5 Å². The minimum absolute atomic E-state index is 0. The summed E-state index contributed by atoms with van der Waals surface area (Å²) in [5.74, 6) is -0.135. The summed E-state index contributed by atoms with van der Waals surface area (Å²) in [6.07, 6.45) is 3.90. The van der Waals surface area contributed by atoms with Crippen LogP contribution in [0.15, 0.2) is 24.3 Å². The zero-order valence-electron chi connectivity index (χ0n) is 29.2. The first-order valence-electron chi connectivity index (χ1n) is 14.7. The summed E-state index contributed by atoms with van der Waals surface area (Å²) in [6.45, 7) is 24.3. The predicted molar refractivity (Wildman–Crippen MR) is 186 cm³/mol. The smallest absolute Gasteiger partial charge is 0.507 e. The van der Waals surface area contributed by atoms with Crippen LogP contribution in [0.3, 0.4) is 0 Å². The normalized spacial score (nSPS) is 13.1. The summed E-state index contributed by atoms with van der Waals surface area (Å²) in [6, 6.07) is 7.63. The molecule has 45 heavy (non-hydrogen) atoms. The van der Waals surface area contributed by atoms with Gasteiger partial charge in [0.15, 0.2) is 0 Å². The molecule has 0 spiro atoms. The van der Waals surface area contributed by atoms with E-state index >= 15 is 0 Å². The maximum Gasteiger partial charge on any atom is 2.00 e. The van der Waals surface area contributed by atoms with Gasteiger partial charge in [-0.15, -0.1) is 0 Å². The van der Waals surface area contributed by atoms with E-state index < -0.39 is 20.2 Å². The average molecular weight is 695 g/mol. The zero-order chi connectivity index (χ0) is 34.7. The molecule has 2 aromatic carbocycles. The number of hydrogen-bond donors (Lipinski definition) is 4. The molecule has 0 heterocycles. The van der Waals surface area contributed by atoms with E-state index in [1.165, 1.54) is 12.8 Å². The summed E-state index contributed by atoms with van der Waals surface area (Å²) in [4.78, 5) is 0. The van der Waals surface area contributed by atoms with Crippen molar-refractivity contribution in [2.75, 3.05) is 11.5 Å². The summed E-state index contributed by atoms with van der Waals surface area (Å²) in [7, 11) is -7.97. The van der Waals surface area contributed by atoms with Crippen molar-refractivity contribution >= 4 is 58.0 Å². The van der Waals surface area contributed by atoms with Gasteiger partial charge in [0.2, 0.25) is 20.2 Å². The Kier molecular flexibility index (Phi) is 15.7. The van der Waals surface area contributed by atoms with Crippen LogP contribution >= 0.6 is 0 Å². The molecule has 0 saturated heterocycles. The van der Waals surface area contributed by atoms with Gasteiger partial charge in [-0.25, -0.2) is 16.8 Å². The monoisotopic (exact) mass is 694 g/mol. The van der Waals surface area contributed by atoms with Crippen LogP contribution < -0.4 is 0 Å². The standard InChI is InChI=1S/2C17H27O4S.Ca/c2*1-16(2,3)13-10-12(8-7-9-22(19,20)21)11-14(15(13)18)17(4,5)6;/h2*7,10-11,18H,8-9H2,1-6H3,(H,19,20,21);/q2*-1;+2. The van der Waals surface area contributed by atoms with Crippen LogP contribution in [0.4, 0.5) is 0 Å². The van der Waals surface area contributed by atoms with E-state index in [-0.39, 0.29) is 70.9 Å². The van der Waals surface area contributed by atoms with Crippen molar-refractivity contribution < 1.29 is 36.2 Å². The van der Waals surface area contributed by atoms with Crippen LogP contribution in [0.2, 0.25) is 0 Å². The largest absolute Gasteiger partial charge is 2.00 e. The van der Waals surface area contributed by atoms with Gasteiger partial charge >= 0.3 is 37.7 Å². The first-order valence-corrected chi connectivity index (χ1v) is 17.9. The number of phenols is 2. The first-order chi connectivity index (χ1) is 19.4. The quantitative estimate of drug-likeness (QED) is 0.133. The first kappa shape index (κ1) is 44.1. The van der Waals surface area contributed by atoms with Gasteiger partial charge in [0.25, 0.3) is 0 Å². The second kappa shape index (κ2) is 16.0. The van der Waals surface area contributed by atoms with Crippen molar-refractivity contribution in [2.45, 2.75) is 118 Å². The Hall–Kier alpha value is -0.880. The molecular formula is C34H54CaO8S2. The van der Waals surface area contributed by atoms with E-state index in [9.17, 15) is 27.0 Å². The van der Waals surface area contributed by atoms with Crippen molar-refractivity contribution in [1.82, 2.24) is 0 Å². The van der Waals surface area contributed by atoms with Crippen molar-refractivity contribution in [3.8, 4) is 11.5 Å². The third-order valence-electron chi connectivity index (χ3n) is 6.99. The van der Waals surface area contributed by atoms with Crippen molar-refractivity contribution in [1.29, 1.82) is 0 Å². The van der Waals surface area contributed by atoms with E-state index in [2.05, 4.69) is 0 Å². The number of hydrogen-bond acceptors (Lipinski definition) is 6. The summed E-state index contributed by atoms with van der Waals surface area (Å²) in [5, 5.41) is 21.2. The molecule has 0 saturated carbocycles. The van der Waals surface area contributed by atoms with E-state index in [1.54, 1.807) is 0 Å². The maximum atomic E-state index is 10.8. The molecule has 252 valence electrons. The van der Waals surface area contributed by atoms with Crippen molar-refractivity contribution in [3.05, 3.63) is 70.5 Å². The van der Waals surface area contributed by atoms with Crippen molar-refractivity contribution in [3.63, 3.8) is 0 Å². The molecule has 8 nitrogen and oxygen atoms in total. The van der Waals surface area contributed by atoms with Gasteiger partial charge in [-0.3, -0.25) is 9.11 Å². The fourth-order valence-corrected chi connectivity index (χ4v) is 5.49. The number of phenolic OH excluding ortho intramolecular Hbond substituents is 2. The number of aromatic hydroxyl groups is 2. The van der Waals surface area contributed by atoms with Crippen LogP contribution in [-0.2, 0) is 54.7 Å². The van der Waals surface area contributed by atoms with Crippen LogP contribution in [0.5, 0.6) is 11.5 Å². The third-order valence-corrected chi connectivity index (χ3v) is 8.30. The van der Waals surface area contributed by atoms with Crippen LogP contribution in [0.1, 0.15) is 116 Å². The Morgan fingerprint density at radius 1 is 0.511 bits per heavy atom. The number of benzene rings is 2. The molecule has 0 aliphatic heterocycles. The molecule has 0 amide bonds. The Morgan fingerprint density at radius 2 is 0.711 bits per heavy atom. The molecule has 4 N–H and O–H groups in total. The second-order valence-electron chi connectivity index (χ2n) is 15.6. The predicted octanol–water partition coefficient (Wildman–Crippen LogP) is 6.86. The molecule has 0 atom stereocenters. The van der Waals surface area contributed by atoms with Gasteiger partial charge in [-0.05, 0) is 55.4 Å². The molecule has 0 aliphatic carbocycles. The SMILES string of the molecule is CC(C)(C)c1cc(C[CH-]CS(=O)(=O)O)cc(C(C)(C)C)c1O.CC(C)(C)c1cc(C[CH-]CS(=O)(=O)O)cc(C(C)(C)C)c1O.[Ca+2]. The molecule has 0 bridgehead atoms. The molecular weight excluding hydrogens is 641 g/mol. The van der Waals surface area contributed by atoms with Crippen molar-refractivity contribution in [2.24, 2.45) is 0 Å². The van der Waals surface area contributed by atoms with E-state index in [0.717, 1.165) is 33.4 Å². The summed E-state index contributed by atoms with van der Waals surface area (Å²) in [5.41, 5.74) is 4.35. The maximum absolute atomic E-state index is 10.8. The molecule has 2 aromatic rings. The molecule has 0 radical (unpaired) electrons. The Balaban J connectivity index is 0.000000842. The fourth-order valence-electron chi connectivity index (χ4n) is 4.66. The molecule has 0 unspecified atom stereocenters. The van der Waals surface area contributed by atoms with Crippen LogP contribution in [0.25, 0.3) is 0 Å². The van der Waals surface area contributed by atoms with Gasteiger partial charge < -0.3 is 23.1 Å². The Morgan fingerprint density at radius 3 is 0.867 bits per heavy atom. The van der Waals surface area contributed by atoms with E-state index in [0.29, 0.717) is 24.3 Å². The second-order valence-corrected chi connectivity index (χ2v) is 18.6. The van der Waals surface area contributed by atoms with Crippen LogP contribution in [0, 0.1) is 12.8 Å². The summed E-state index contributed by atoms with van der Waals surface area (Å²) < 4.78 is 60.9. The van der Waals surface area contributed by atoms with Gasteiger partial charge in [0, 0.05) is 0 Å². The summed E-state index contributed by atoms with van der Waals surface area (Å²) >= 11 is 0. The molecule has 0 fully saturated rings. The molecule has 2 rings (SSSR count). The average Bonchev–Trinajstić information content (AvgIpc) is 2.76. The molecule has 0 aromatic heterocycles. The van der Waals surface area contributed by atoms with Gasteiger partial charge in [-0.2, -0.15) is 12.8 Å². The number of rotatable bonds is 8.